The number of carbonyl (C=O) groups is 1. The smallest absolute Gasteiger partial charge is 0.282 e. The second-order valence-electron chi connectivity index (χ2n) is 6.65. The van der Waals surface area contributed by atoms with Crippen LogP contribution in [0.15, 0.2) is 36.5 Å². The van der Waals surface area contributed by atoms with Crippen molar-refractivity contribution in [2.75, 3.05) is 31.6 Å². The van der Waals surface area contributed by atoms with E-state index in [1.54, 1.807) is 30.3 Å². The molecule has 2 saturated heterocycles. The fourth-order valence-corrected chi connectivity index (χ4v) is 3.46. The first kappa shape index (κ1) is 17.1. The summed E-state index contributed by atoms with van der Waals surface area (Å²) in [5, 5.41) is 6.67. The molecule has 0 bridgehead atoms. The molecule has 0 spiro atoms. The number of nitrogens with zero attached hydrogens (tertiary/aromatic N) is 3. The number of anilines is 1. The molecule has 6 nitrogen and oxygen atoms in total. The van der Waals surface area contributed by atoms with Crippen molar-refractivity contribution in [2.45, 2.75) is 18.9 Å². The third-order valence-corrected chi connectivity index (χ3v) is 4.97. The Labute approximate surface area is 149 Å². The summed E-state index contributed by atoms with van der Waals surface area (Å²) in [6.45, 7) is 2.73. The van der Waals surface area contributed by atoms with Crippen molar-refractivity contribution in [3.05, 3.63) is 42.2 Å². The summed E-state index contributed by atoms with van der Waals surface area (Å²) >= 11 is 0. The molecule has 1 N–H and O–H groups in total. The minimum Gasteiger partial charge on any atom is -0.380 e. The Morgan fingerprint density at radius 2 is 2.04 bits per heavy atom. The number of rotatable bonds is 5. The molecule has 8 heteroatoms. The first-order valence-electron chi connectivity index (χ1n) is 8.67. The van der Waals surface area contributed by atoms with Crippen LogP contribution >= 0.6 is 0 Å². The highest BCUT2D eigenvalue weighted by Crippen LogP contribution is 2.31. The predicted molar refractivity (Wildman–Crippen MR) is 91.4 cm³/mol. The van der Waals surface area contributed by atoms with Gasteiger partial charge in [0.1, 0.15) is 5.69 Å². The lowest BCUT2D eigenvalue weighted by molar-refractivity contribution is -0.126. The number of hydrogen-bond donors (Lipinski definition) is 1. The Balaban J connectivity index is 1.45. The highest BCUT2D eigenvalue weighted by molar-refractivity contribution is 5.94. The van der Waals surface area contributed by atoms with Crippen LogP contribution in [0, 0.1) is 5.92 Å². The Kier molecular flexibility index (Phi) is 4.69. The number of amides is 1. The number of halogens is 2. The molecule has 1 unspecified atom stereocenters. The molecule has 2 aromatic rings. The Morgan fingerprint density at radius 1 is 1.27 bits per heavy atom. The number of hydrogen-bond acceptors (Lipinski definition) is 4. The number of aromatic nitrogens is 2. The fourth-order valence-electron chi connectivity index (χ4n) is 3.46. The summed E-state index contributed by atoms with van der Waals surface area (Å²) in [6, 6.07) is 9.06. The molecule has 0 aliphatic carbocycles. The standard InChI is InChI=1S/C18H20F2N4O2/c19-17(20)16-15(8-21-24(16)13-4-2-1-3-5-13)22-18(25)12-9-23(10-12)14-6-7-26-11-14/h1-5,8,12,14,17H,6-7,9-11H2,(H,22,25). The number of benzene rings is 1. The molecule has 3 heterocycles. The van der Waals surface area contributed by atoms with Crippen molar-refractivity contribution in [2.24, 2.45) is 5.92 Å². The molecule has 26 heavy (non-hydrogen) atoms. The highest BCUT2D eigenvalue weighted by atomic mass is 19.3. The number of alkyl halides is 2. The van der Waals surface area contributed by atoms with Crippen LogP contribution in [-0.2, 0) is 9.53 Å². The van der Waals surface area contributed by atoms with E-state index in [-0.39, 0.29) is 23.2 Å². The van der Waals surface area contributed by atoms with E-state index in [0.717, 1.165) is 13.0 Å². The number of para-hydroxylation sites is 1. The van der Waals surface area contributed by atoms with Gasteiger partial charge in [0.25, 0.3) is 6.43 Å². The Morgan fingerprint density at radius 3 is 2.69 bits per heavy atom. The van der Waals surface area contributed by atoms with Gasteiger partial charge in [0.15, 0.2) is 0 Å². The summed E-state index contributed by atoms with van der Waals surface area (Å²) in [5.74, 6) is -0.434. The van der Waals surface area contributed by atoms with Crippen LogP contribution in [-0.4, -0.2) is 52.9 Å². The number of ether oxygens (including phenoxy) is 1. The van der Waals surface area contributed by atoms with Gasteiger partial charge in [0, 0.05) is 25.7 Å². The van der Waals surface area contributed by atoms with Crippen LogP contribution in [0.4, 0.5) is 14.5 Å². The van der Waals surface area contributed by atoms with Gasteiger partial charge < -0.3 is 10.1 Å². The third kappa shape index (κ3) is 3.22. The van der Waals surface area contributed by atoms with Gasteiger partial charge in [-0.25, -0.2) is 13.5 Å². The summed E-state index contributed by atoms with van der Waals surface area (Å²) in [6.07, 6.45) is -0.483. The summed E-state index contributed by atoms with van der Waals surface area (Å²) in [5.41, 5.74) is 0.292. The quantitative estimate of drug-likeness (QED) is 0.888. The molecular weight excluding hydrogens is 342 g/mol. The SMILES string of the molecule is O=C(Nc1cnn(-c2ccccc2)c1C(F)F)C1CN(C2CCOC2)C1. The van der Waals surface area contributed by atoms with Crippen LogP contribution in [0.2, 0.25) is 0 Å². The lowest BCUT2D eigenvalue weighted by Gasteiger charge is -2.41. The predicted octanol–water partition coefficient (Wildman–Crippen LogP) is 2.47. The van der Waals surface area contributed by atoms with E-state index in [1.165, 1.54) is 10.9 Å². The summed E-state index contributed by atoms with van der Waals surface area (Å²) in [7, 11) is 0. The zero-order chi connectivity index (χ0) is 18.1. The lowest BCUT2D eigenvalue weighted by atomic mass is 9.96. The highest BCUT2D eigenvalue weighted by Gasteiger charge is 2.38. The molecule has 1 amide bonds. The maximum absolute atomic E-state index is 13.6. The molecule has 2 aliphatic rings. The Bertz CT molecular complexity index is 769. The van der Waals surface area contributed by atoms with E-state index in [9.17, 15) is 13.6 Å². The zero-order valence-corrected chi connectivity index (χ0v) is 14.1. The van der Waals surface area contributed by atoms with Gasteiger partial charge in [0.2, 0.25) is 5.91 Å². The van der Waals surface area contributed by atoms with Gasteiger partial charge in [0.05, 0.1) is 30.1 Å². The zero-order valence-electron chi connectivity index (χ0n) is 14.1. The van der Waals surface area contributed by atoms with E-state index in [0.29, 0.717) is 31.4 Å². The maximum Gasteiger partial charge on any atom is 0.282 e. The molecule has 1 atom stereocenters. The molecule has 0 radical (unpaired) electrons. The molecule has 1 aromatic heterocycles. The first-order chi connectivity index (χ1) is 12.6. The molecule has 0 saturated carbocycles. The van der Waals surface area contributed by atoms with E-state index in [2.05, 4.69) is 15.3 Å². The van der Waals surface area contributed by atoms with Crippen LogP contribution < -0.4 is 5.32 Å². The van der Waals surface area contributed by atoms with Crippen molar-refractivity contribution < 1.29 is 18.3 Å². The van der Waals surface area contributed by atoms with Crippen molar-refractivity contribution in [3.8, 4) is 5.69 Å². The van der Waals surface area contributed by atoms with Crippen molar-refractivity contribution in [1.29, 1.82) is 0 Å². The lowest BCUT2D eigenvalue weighted by Crippen LogP contribution is -2.56. The second-order valence-corrected chi connectivity index (χ2v) is 6.65. The van der Waals surface area contributed by atoms with Crippen molar-refractivity contribution in [3.63, 3.8) is 0 Å². The van der Waals surface area contributed by atoms with Crippen LogP contribution in [0.3, 0.4) is 0 Å². The normalized spacial score (nSPS) is 21.1. The first-order valence-corrected chi connectivity index (χ1v) is 8.67. The van der Waals surface area contributed by atoms with Gasteiger partial charge in [-0.05, 0) is 18.6 Å². The van der Waals surface area contributed by atoms with Crippen LogP contribution in [0.25, 0.3) is 5.69 Å². The Hall–Kier alpha value is -2.32. The van der Waals surface area contributed by atoms with Crippen LogP contribution in [0.1, 0.15) is 18.5 Å². The summed E-state index contributed by atoms with van der Waals surface area (Å²) in [4.78, 5) is 14.6. The fraction of sp³-hybridized carbons (Fsp3) is 0.444. The molecule has 2 aliphatic heterocycles. The molecule has 1 aromatic carbocycles. The average molecular weight is 362 g/mol. The largest absolute Gasteiger partial charge is 0.380 e. The van der Waals surface area contributed by atoms with Crippen LogP contribution in [0.5, 0.6) is 0 Å². The van der Waals surface area contributed by atoms with Crippen molar-refractivity contribution in [1.82, 2.24) is 14.7 Å². The molecule has 2 fully saturated rings. The van der Waals surface area contributed by atoms with E-state index >= 15 is 0 Å². The van der Waals surface area contributed by atoms with E-state index in [4.69, 9.17) is 4.74 Å². The van der Waals surface area contributed by atoms with E-state index in [1.807, 2.05) is 0 Å². The topological polar surface area (TPSA) is 59.4 Å². The van der Waals surface area contributed by atoms with Crippen molar-refractivity contribution >= 4 is 11.6 Å². The molecule has 138 valence electrons. The van der Waals surface area contributed by atoms with Gasteiger partial charge in [-0.2, -0.15) is 5.10 Å². The molecule has 4 rings (SSSR count). The van der Waals surface area contributed by atoms with Gasteiger partial charge in [-0.1, -0.05) is 18.2 Å². The number of carbonyl (C=O) groups excluding carboxylic acids is 1. The monoisotopic (exact) mass is 362 g/mol. The van der Waals surface area contributed by atoms with E-state index < -0.39 is 6.43 Å². The minimum atomic E-state index is -2.75. The number of likely N-dealkylation sites (tertiary alicyclic amines) is 1. The number of nitrogens with one attached hydrogen (secondary N) is 1. The average Bonchev–Trinajstić information content (AvgIpc) is 3.24. The van der Waals surface area contributed by atoms with Gasteiger partial charge >= 0.3 is 0 Å². The third-order valence-electron chi connectivity index (χ3n) is 4.97. The maximum atomic E-state index is 13.6. The second kappa shape index (κ2) is 7.13. The molecular formula is C18H20F2N4O2. The minimum absolute atomic E-state index is 0.0662. The summed E-state index contributed by atoms with van der Waals surface area (Å²) < 4.78 is 33.7. The van der Waals surface area contributed by atoms with Gasteiger partial charge in [-0.3, -0.25) is 9.69 Å². The van der Waals surface area contributed by atoms with Gasteiger partial charge in [-0.15, -0.1) is 0 Å².